The van der Waals surface area contributed by atoms with Gasteiger partial charge in [0.1, 0.15) is 0 Å². The van der Waals surface area contributed by atoms with Crippen LogP contribution in [0.5, 0.6) is 11.5 Å². The lowest BCUT2D eigenvalue weighted by Crippen LogP contribution is -2.31. The highest BCUT2D eigenvalue weighted by molar-refractivity contribution is 9.10. The Morgan fingerprint density at radius 3 is 2.58 bits per heavy atom. The third-order valence-corrected chi connectivity index (χ3v) is 4.20. The van der Waals surface area contributed by atoms with E-state index in [9.17, 15) is 0 Å². The molecule has 5 nitrogen and oxygen atoms in total. The predicted octanol–water partition coefficient (Wildman–Crippen LogP) is 3.72. The molecule has 0 heterocycles. The molecule has 0 amide bonds. The summed E-state index contributed by atoms with van der Waals surface area (Å²) in [6, 6.07) is 11.3. The third-order valence-electron chi connectivity index (χ3n) is 3.35. The van der Waals surface area contributed by atoms with E-state index in [2.05, 4.69) is 26.2 Å². The molecule has 2 rings (SSSR count). The van der Waals surface area contributed by atoms with E-state index in [1.54, 1.807) is 14.2 Å². The van der Waals surface area contributed by atoms with Gasteiger partial charge in [-0.25, -0.2) is 4.99 Å². The van der Waals surface area contributed by atoms with Gasteiger partial charge in [-0.05, 0) is 35.4 Å². The minimum Gasteiger partial charge on any atom is -0.493 e. The fourth-order valence-electron chi connectivity index (χ4n) is 2.06. The van der Waals surface area contributed by atoms with Crippen molar-refractivity contribution in [2.75, 3.05) is 14.2 Å². The molecular weight excluding hydrogens is 394 g/mol. The monoisotopic (exact) mass is 411 g/mol. The first-order valence-electron chi connectivity index (χ1n) is 7.22. The molecule has 0 atom stereocenters. The zero-order chi connectivity index (χ0) is 17.5. The lowest BCUT2D eigenvalue weighted by molar-refractivity contribution is 0.354. The summed E-state index contributed by atoms with van der Waals surface area (Å²) in [6.45, 7) is 0.945. The minimum atomic E-state index is 0.351. The Kier molecular flexibility index (Phi) is 6.75. The van der Waals surface area contributed by atoms with E-state index in [0.717, 1.165) is 15.6 Å². The van der Waals surface area contributed by atoms with E-state index in [1.165, 1.54) is 0 Å². The van der Waals surface area contributed by atoms with Crippen molar-refractivity contribution in [2.24, 2.45) is 10.7 Å². The Hall–Kier alpha value is -1.92. The molecule has 128 valence electrons. The summed E-state index contributed by atoms with van der Waals surface area (Å²) in [5, 5.41) is 3.72. The van der Waals surface area contributed by atoms with Gasteiger partial charge in [0.05, 0.1) is 20.8 Å². The van der Waals surface area contributed by atoms with Crippen LogP contribution in [0.4, 0.5) is 0 Å². The fraction of sp³-hybridized carbons (Fsp3) is 0.235. The van der Waals surface area contributed by atoms with Gasteiger partial charge in [-0.1, -0.05) is 39.7 Å². The first-order valence-corrected chi connectivity index (χ1v) is 8.39. The van der Waals surface area contributed by atoms with Gasteiger partial charge in [-0.3, -0.25) is 0 Å². The van der Waals surface area contributed by atoms with E-state index in [0.29, 0.717) is 35.6 Å². The second kappa shape index (κ2) is 8.80. The zero-order valence-corrected chi connectivity index (χ0v) is 15.8. The van der Waals surface area contributed by atoms with Gasteiger partial charge in [0.25, 0.3) is 0 Å². The molecule has 0 spiro atoms. The number of methoxy groups -OCH3 is 2. The van der Waals surface area contributed by atoms with Crippen molar-refractivity contribution < 1.29 is 9.47 Å². The van der Waals surface area contributed by atoms with Crippen molar-refractivity contribution in [3.8, 4) is 11.5 Å². The van der Waals surface area contributed by atoms with Crippen LogP contribution in [0.25, 0.3) is 0 Å². The maximum atomic E-state index is 6.17. The predicted molar refractivity (Wildman–Crippen MR) is 101 cm³/mol. The quantitative estimate of drug-likeness (QED) is 0.560. The SMILES string of the molecule is COc1ccc(CN=C(N)NCc2ccc(Br)cc2Cl)cc1OC. The molecule has 7 heteroatoms. The van der Waals surface area contributed by atoms with Gasteiger partial charge < -0.3 is 20.5 Å². The number of nitrogens with zero attached hydrogens (tertiary/aromatic N) is 1. The van der Waals surface area contributed by atoms with Crippen LogP contribution in [0.2, 0.25) is 5.02 Å². The summed E-state index contributed by atoms with van der Waals surface area (Å²) in [5.74, 6) is 1.70. The number of rotatable bonds is 6. The smallest absolute Gasteiger partial charge is 0.189 e. The van der Waals surface area contributed by atoms with Crippen LogP contribution in [-0.2, 0) is 13.1 Å². The largest absolute Gasteiger partial charge is 0.493 e. The van der Waals surface area contributed by atoms with Gasteiger partial charge in [0, 0.05) is 16.0 Å². The molecule has 0 bridgehead atoms. The molecule has 0 aliphatic rings. The van der Waals surface area contributed by atoms with Crippen LogP contribution in [-0.4, -0.2) is 20.2 Å². The molecule has 0 aromatic heterocycles. The second-order valence-corrected chi connectivity index (χ2v) is 6.30. The highest BCUT2D eigenvalue weighted by atomic mass is 79.9. The molecule has 2 aromatic rings. The fourth-order valence-corrected chi connectivity index (χ4v) is 2.80. The van der Waals surface area contributed by atoms with Gasteiger partial charge in [0.15, 0.2) is 17.5 Å². The van der Waals surface area contributed by atoms with Crippen LogP contribution in [0.3, 0.4) is 0 Å². The van der Waals surface area contributed by atoms with Crippen LogP contribution in [0, 0.1) is 0 Å². The summed E-state index contributed by atoms with van der Waals surface area (Å²) in [4.78, 5) is 4.32. The lowest BCUT2D eigenvalue weighted by Gasteiger charge is -2.10. The van der Waals surface area contributed by atoms with Gasteiger partial charge in [0.2, 0.25) is 0 Å². The van der Waals surface area contributed by atoms with Crippen molar-refractivity contribution in [1.82, 2.24) is 5.32 Å². The van der Waals surface area contributed by atoms with Crippen LogP contribution < -0.4 is 20.5 Å². The Labute approximate surface area is 154 Å². The lowest BCUT2D eigenvalue weighted by atomic mass is 10.2. The Balaban J connectivity index is 1.96. The Bertz CT molecular complexity index is 738. The third kappa shape index (κ3) is 5.04. The minimum absolute atomic E-state index is 0.351. The molecule has 0 radical (unpaired) electrons. The number of benzene rings is 2. The topological polar surface area (TPSA) is 68.9 Å². The first kappa shape index (κ1) is 18.4. The van der Waals surface area contributed by atoms with E-state index >= 15 is 0 Å². The van der Waals surface area contributed by atoms with Gasteiger partial charge in [-0.2, -0.15) is 0 Å². The average molecular weight is 413 g/mol. The highest BCUT2D eigenvalue weighted by Gasteiger charge is 2.05. The van der Waals surface area contributed by atoms with E-state index in [4.69, 9.17) is 26.8 Å². The number of guanidine groups is 1. The summed E-state index contributed by atoms with van der Waals surface area (Å²) in [6.07, 6.45) is 0. The van der Waals surface area contributed by atoms with Gasteiger partial charge in [-0.15, -0.1) is 0 Å². The average Bonchev–Trinajstić information content (AvgIpc) is 2.58. The summed E-state index contributed by atoms with van der Waals surface area (Å²) < 4.78 is 11.4. The molecular formula is C17H19BrClN3O2. The first-order chi connectivity index (χ1) is 11.5. The van der Waals surface area contributed by atoms with Crippen molar-refractivity contribution in [3.63, 3.8) is 0 Å². The number of hydrogen-bond acceptors (Lipinski definition) is 3. The van der Waals surface area contributed by atoms with Crippen molar-refractivity contribution >= 4 is 33.5 Å². The van der Waals surface area contributed by atoms with E-state index in [-0.39, 0.29) is 0 Å². The maximum absolute atomic E-state index is 6.17. The molecule has 0 saturated heterocycles. The molecule has 0 aliphatic carbocycles. The summed E-state index contributed by atoms with van der Waals surface area (Å²) in [5.41, 5.74) is 7.83. The normalized spacial score (nSPS) is 11.2. The second-order valence-electron chi connectivity index (χ2n) is 4.98. The van der Waals surface area contributed by atoms with Gasteiger partial charge >= 0.3 is 0 Å². The molecule has 24 heavy (non-hydrogen) atoms. The van der Waals surface area contributed by atoms with E-state index in [1.807, 2.05) is 36.4 Å². The maximum Gasteiger partial charge on any atom is 0.189 e. The number of ether oxygens (including phenoxy) is 2. The van der Waals surface area contributed by atoms with E-state index < -0.39 is 0 Å². The molecule has 0 unspecified atom stereocenters. The number of nitrogens with two attached hydrogens (primary N) is 1. The molecule has 0 saturated carbocycles. The number of aliphatic imine (C=N–C) groups is 1. The number of hydrogen-bond donors (Lipinski definition) is 2. The molecule has 0 fully saturated rings. The van der Waals surface area contributed by atoms with Crippen LogP contribution in [0.15, 0.2) is 45.9 Å². The summed E-state index contributed by atoms with van der Waals surface area (Å²) >= 11 is 9.55. The van der Waals surface area contributed by atoms with Crippen molar-refractivity contribution in [2.45, 2.75) is 13.1 Å². The van der Waals surface area contributed by atoms with Crippen molar-refractivity contribution in [1.29, 1.82) is 0 Å². The Morgan fingerprint density at radius 1 is 1.17 bits per heavy atom. The summed E-state index contributed by atoms with van der Waals surface area (Å²) in [7, 11) is 3.20. The standard InChI is InChI=1S/C17H19BrClN3O2/c1-23-15-6-3-11(7-16(15)24-2)9-21-17(20)22-10-12-4-5-13(18)8-14(12)19/h3-8H,9-10H2,1-2H3,(H3,20,21,22). The molecule has 0 aliphatic heterocycles. The zero-order valence-electron chi connectivity index (χ0n) is 13.5. The number of halogens is 2. The number of nitrogens with one attached hydrogen (secondary N) is 1. The Morgan fingerprint density at radius 2 is 1.92 bits per heavy atom. The molecule has 3 N–H and O–H groups in total. The molecule has 2 aromatic carbocycles. The highest BCUT2D eigenvalue weighted by Crippen LogP contribution is 2.27. The van der Waals surface area contributed by atoms with Crippen LogP contribution in [0.1, 0.15) is 11.1 Å². The van der Waals surface area contributed by atoms with Crippen molar-refractivity contribution in [3.05, 3.63) is 57.0 Å². The van der Waals surface area contributed by atoms with Crippen LogP contribution >= 0.6 is 27.5 Å².